The first-order valence-corrected chi connectivity index (χ1v) is 8.77. The average Bonchev–Trinajstić information content (AvgIpc) is 3.09. The fourth-order valence-electron chi connectivity index (χ4n) is 2.62. The van der Waals surface area contributed by atoms with Crippen molar-refractivity contribution in [3.05, 3.63) is 30.5 Å². The molecular weight excluding hydrogens is 318 g/mol. The Morgan fingerprint density at radius 1 is 1.17 bits per heavy atom. The van der Waals surface area contributed by atoms with Crippen molar-refractivity contribution < 1.29 is 12.8 Å². The van der Waals surface area contributed by atoms with Gasteiger partial charge in [0.05, 0.1) is 18.1 Å². The summed E-state index contributed by atoms with van der Waals surface area (Å²) in [7, 11) is -0.232. The van der Waals surface area contributed by atoms with Gasteiger partial charge in [-0.05, 0) is 12.8 Å². The third kappa shape index (κ3) is 3.26. The van der Waals surface area contributed by atoms with Gasteiger partial charge in [0.25, 0.3) is 10.2 Å². The van der Waals surface area contributed by atoms with Crippen molar-refractivity contribution in [2.24, 2.45) is 0 Å². The van der Waals surface area contributed by atoms with Gasteiger partial charge >= 0.3 is 0 Å². The van der Waals surface area contributed by atoms with Crippen LogP contribution in [0.25, 0.3) is 11.6 Å². The minimum Gasteiger partial charge on any atom is -0.443 e. The summed E-state index contributed by atoms with van der Waals surface area (Å²) in [6.45, 7) is 0.989. The molecule has 0 aromatic carbocycles. The zero-order valence-corrected chi connectivity index (χ0v) is 13.9. The molecule has 0 saturated carbocycles. The summed E-state index contributed by atoms with van der Waals surface area (Å²) in [4.78, 5) is 12.8. The molecule has 3 rings (SSSR count). The number of hydrogen-bond acceptors (Lipinski definition) is 6. The lowest BCUT2D eigenvalue weighted by Crippen LogP contribution is -2.44. The Morgan fingerprint density at radius 3 is 2.43 bits per heavy atom. The molecule has 3 heterocycles. The molecule has 0 N–H and O–H groups in total. The third-order valence-corrected chi connectivity index (χ3v) is 5.92. The molecule has 2 aromatic rings. The monoisotopic (exact) mass is 337 g/mol. The largest absolute Gasteiger partial charge is 0.443 e. The molecule has 9 heteroatoms. The van der Waals surface area contributed by atoms with Crippen molar-refractivity contribution in [1.29, 1.82) is 0 Å². The number of nitrogens with zero attached hydrogens (tertiary/aromatic N) is 5. The van der Waals surface area contributed by atoms with Gasteiger partial charge in [-0.15, -0.1) is 0 Å². The molecule has 0 aliphatic carbocycles. The zero-order valence-electron chi connectivity index (χ0n) is 13.1. The average molecular weight is 337 g/mol. The van der Waals surface area contributed by atoms with Gasteiger partial charge in [0.15, 0.2) is 0 Å². The molecule has 124 valence electrons. The minimum absolute atomic E-state index is 0.217. The van der Waals surface area contributed by atoms with E-state index in [1.165, 1.54) is 14.9 Å². The molecule has 0 spiro atoms. The van der Waals surface area contributed by atoms with Crippen LogP contribution in [0.1, 0.15) is 24.5 Å². The second-order valence-electron chi connectivity index (χ2n) is 5.63. The molecule has 0 unspecified atom stereocenters. The summed E-state index contributed by atoms with van der Waals surface area (Å²) in [5.41, 5.74) is 1.47. The number of hydrogen-bond donors (Lipinski definition) is 0. The highest BCUT2D eigenvalue weighted by atomic mass is 32.2. The van der Waals surface area contributed by atoms with Crippen LogP contribution >= 0.6 is 0 Å². The standard InChI is InChI=1S/C14H19N5O3S/c1-18(2)23(20,21)19-6-3-11(4-7-19)12-9-17-13(10-16-12)14-15-5-8-22-14/h5,8-11H,3-4,6-7H2,1-2H3. The molecule has 1 saturated heterocycles. The van der Waals surface area contributed by atoms with Crippen molar-refractivity contribution in [1.82, 2.24) is 23.6 Å². The predicted octanol–water partition coefficient (Wildman–Crippen LogP) is 1.12. The van der Waals surface area contributed by atoms with E-state index in [2.05, 4.69) is 15.0 Å². The molecule has 23 heavy (non-hydrogen) atoms. The van der Waals surface area contributed by atoms with Gasteiger partial charge in [0.1, 0.15) is 12.0 Å². The fourth-order valence-corrected chi connectivity index (χ4v) is 3.76. The van der Waals surface area contributed by atoms with Gasteiger partial charge in [-0.2, -0.15) is 17.0 Å². The van der Waals surface area contributed by atoms with E-state index in [1.54, 1.807) is 32.7 Å². The quantitative estimate of drug-likeness (QED) is 0.830. The number of aromatic nitrogens is 3. The Bertz CT molecular complexity index is 735. The van der Waals surface area contributed by atoms with Crippen molar-refractivity contribution in [3.63, 3.8) is 0 Å². The topological polar surface area (TPSA) is 92.4 Å². The SMILES string of the molecule is CN(C)S(=O)(=O)N1CCC(c2cnc(-c3ncco3)cn2)CC1. The predicted molar refractivity (Wildman–Crippen MR) is 83.7 cm³/mol. The van der Waals surface area contributed by atoms with Gasteiger partial charge in [-0.1, -0.05) is 0 Å². The summed E-state index contributed by atoms with van der Waals surface area (Å²) < 4.78 is 32.2. The summed E-state index contributed by atoms with van der Waals surface area (Å²) in [5.74, 6) is 0.658. The first kappa shape index (κ1) is 16.0. The fraction of sp³-hybridized carbons (Fsp3) is 0.500. The second-order valence-corrected chi connectivity index (χ2v) is 7.77. The zero-order chi connectivity index (χ0) is 16.4. The highest BCUT2D eigenvalue weighted by Crippen LogP contribution is 2.28. The molecule has 1 aliphatic heterocycles. The number of oxazole rings is 1. The van der Waals surface area contributed by atoms with Gasteiger partial charge in [0, 0.05) is 39.3 Å². The van der Waals surface area contributed by atoms with Crippen LogP contribution in [0.15, 0.2) is 29.3 Å². The maximum Gasteiger partial charge on any atom is 0.281 e. The van der Waals surface area contributed by atoms with E-state index in [4.69, 9.17) is 4.42 Å². The van der Waals surface area contributed by atoms with Gasteiger partial charge < -0.3 is 4.42 Å². The summed E-state index contributed by atoms with van der Waals surface area (Å²) in [6, 6.07) is 0. The first-order chi connectivity index (χ1) is 11.0. The van der Waals surface area contributed by atoms with Crippen molar-refractivity contribution in [3.8, 4) is 11.6 Å². The molecule has 8 nitrogen and oxygen atoms in total. The Labute approximate surface area is 135 Å². The van der Waals surface area contributed by atoms with Crippen LogP contribution in [0, 0.1) is 0 Å². The Morgan fingerprint density at radius 2 is 1.91 bits per heavy atom. The number of rotatable bonds is 4. The lowest BCUT2D eigenvalue weighted by Gasteiger charge is -2.32. The normalized spacial score (nSPS) is 17.7. The molecule has 1 aliphatic rings. The van der Waals surface area contributed by atoms with Gasteiger partial charge in [-0.25, -0.2) is 9.97 Å². The number of piperidine rings is 1. The lowest BCUT2D eigenvalue weighted by molar-refractivity contribution is 0.300. The summed E-state index contributed by atoms with van der Waals surface area (Å²) in [5, 5.41) is 0. The lowest BCUT2D eigenvalue weighted by atomic mass is 9.95. The molecule has 0 atom stereocenters. The summed E-state index contributed by atoms with van der Waals surface area (Å²) >= 11 is 0. The van der Waals surface area contributed by atoms with Crippen LogP contribution in [0.3, 0.4) is 0 Å². The van der Waals surface area contributed by atoms with Gasteiger partial charge in [-0.3, -0.25) is 4.98 Å². The molecule has 1 fully saturated rings. The van der Waals surface area contributed by atoms with Crippen LogP contribution in [0.4, 0.5) is 0 Å². The van der Waals surface area contributed by atoms with Gasteiger partial charge in [0.2, 0.25) is 5.89 Å². The van der Waals surface area contributed by atoms with E-state index < -0.39 is 10.2 Å². The first-order valence-electron chi connectivity index (χ1n) is 7.38. The van der Waals surface area contributed by atoms with E-state index in [0.29, 0.717) is 24.7 Å². The maximum absolute atomic E-state index is 12.1. The highest BCUT2D eigenvalue weighted by Gasteiger charge is 2.30. The Kier molecular flexibility index (Phi) is 4.42. The van der Waals surface area contributed by atoms with E-state index in [1.807, 2.05) is 0 Å². The minimum atomic E-state index is -3.33. The van der Waals surface area contributed by atoms with Crippen LogP contribution < -0.4 is 0 Å². The molecule has 0 amide bonds. The van der Waals surface area contributed by atoms with E-state index in [-0.39, 0.29) is 5.92 Å². The maximum atomic E-state index is 12.1. The summed E-state index contributed by atoms with van der Waals surface area (Å²) in [6.07, 6.45) is 7.89. The van der Waals surface area contributed by atoms with Crippen molar-refractivity contribution in [2.45, 2.75) is 18.8 Å². The smallest absolute Gasteiger partial charge is 0.281 e. The van der Waals surface area contributed by atoms with Crippen LogP contribution in [0.5, 0.6) is 0 Å². The molecule has 2 aromatic heterocycles. The third-order valence-electron chi connectivity index (χ3n) is 3.98. The Hall–Kier alpha value is -1.84. The van der Waals surface area contributed by atoms with Crippen LogP contribution in [-0.4, -0.2) is 59.2 Å². The Balaban J connectivity index is 1.66. The van der Waals surface area contributed by atoms with Crippen LogP contribution in [-0.2, 0) is 10.2 Å². The molecular formula is C14H19N5O3S. The van der Waals surface area contributed by atoms with Crippen LogP contribution in [0.2, 0.25) is 0 Å². The van der Waals surface area contributed by atoms with Crippen molar-refractivity contribution >= 4 is 10.2 Å². The van der Waals surface area contributed by atoms with E-state index in [9.17, 15) is 8.42 Å². The highest BCUT2D eigenvalue weighted by molar-refractivity contribution is 7.86. The second kappa shape index (κ2) is 6.34. The van der Waals surface area contributed by atoms with E-state index >= 15 is 0 Å². The molecule has 0 bridgehead atoms. The van der Waals surface area contributed by atoms with E-state index in [0.717, 1.165) is 18.5 Å². The molecule has 0 radical (unpaired) electrons. The van der Waals surface area contributed by atoms with Crippen molar-refractivity contribution in [2.75, 3.05) is 27.2 Å².